The van der Waals surface area contributed by atoms with Gasteiger partial charge in [0.2, 0.25) is 0 Å². The minimum Gasteiger partial charge on any atom is -0.441 e. The van der Waals surface area contributed by atoms with E-state index in [0.29, 0.717) is 47.1 Å². The first kappa shape index (κ1) is 14.3. The maximum absolute atomic E-state index is 12.8. The Bertz CT molecular complexity index is 710. The summed E-state index contributed by atoms with van der Waals surface area (Å²) in [5.41, 5.74) is 1.80. The molecule has 1 saturated heterocycles. The molecule has 2 atom stereocenters. The lowest BCUT2D eigenvalue weighted by Gasteiger charge is -2.22. The van der Waals surface area contributed by atoms with Crippen molar-refractivity contribution in [3.63, 3.8) is 0 Å². The molecule has 0 aliphatic carbocycles. The summed E-state index contributed by atoms with van der Waals surface area (Å²) in [6.45, 7) is 4.97. The molecule has 1 fully saturated rings. The summed E-state index contributed by atoms with van der Waals surface area (Å²) < 4.78 is 17.2. The van der Waals surface area contributed by atoms with Gasteiger partial charge < -0.3 is 9.32 Å². The first-order valence-electron chi connectivity index (χ1n) is 7.05. The number of hydrogen-bond acceptors (Lipinski definition) is 4. The smallest absolute Gasteiger partial charge is 0.256 e. The van der Waals surface area contributed by atoms with Gasteiger partial charge in [0.15, 0.2) is 11.5 Å². The van der Waals surface area contributed by atoms with E-state index in [2.05, 4.69) is 4.98 Å². The van der Waals surface area contributed by atoms with Gasteiger partial charge in [0, 0.05) is 42.3 Å². The van der Waals surface area contributed by atoms with Gasteiger partial charge >= 0.3 is 0 Å². The van der Waals surface area contributed by atoms with E-state index < -0.39 is 10.8 Å². The zero-order chi connectivity index (χ0) is 15.0. The van der Waals surface area contributed by atoms with Crippen LogP contribution in [0.3, 0.4) is 0 Å². The van der Waals surface area contributed by atoms with E-state index in [1.54, 1.807) is 24.0 Å². The summed E-state index contributed by atoms with van der Waals surface area (Å²) in [6.07, 6.45) is 0. The summed E-state index contributed by atoms with van der Waals surface area (Å²) in [7, 11) is -0.832. The second-order valence-corrected chi connectivity index (χ2v) is 7.17. The Hall–Kier alpha value is -1.69. The number of rotatable bonds is 1. The Morgan fingerprint density at radius 1 is 1.48 bits per heavy atom. The van der Waals surface area contributed by atoms with Gasteiger partial charge in [-0.2, -0.15) is 0 Å². The van der Waals surface area contributed by atoms with Crippen molar-refractivity contribution in [2.45, 2.75) is 13.8 Å². The predicted molar refractivity (Wildman–Crippen MR) is 81.7 cm³/mol. The van der Waals surface area contributed by atoms with Crippen LogP contribution in [0.1, 0.15) is 23.2 Å². The molecule has 1 aromatic heterocycles. The number of aryl methyl sites for hydroxylation is 1. The number of carbonyl (C=O) groups excluding carboxylic acids is 1. The Morgan fingerprint density at radius 2 is 2.29 bits per heavy atom. The van der Waals surface area contributed by atoms with Gasteiger partial charge in [-0.1, -0.05) is 13.0 Å². The molecule has 2 aromatic rings. The molecule has 3 rings (SSSR count). The molecule has 0 saturated carbocycles. The number of benzene rings is 1. The van der Waals surface area contributed by atoms with Crippen molar-refractivity contribution in [1.29, 1.82) is 0 Å². The summed E-state index contributed by atoms with van der Waals surface area (Å²) in [5, 5.41) is 0. The maximum Gasteiger partial charge on any atom is 0.256 e. The third-order valence-electron chi connectivity index (χ3n) is 3.63. The van der Waals surface area contributed by atoms with Crippen LogP contribution in [-0.4, -0.2) is 44.6 Å². The molecule has 2 heterocycles. The zero-order valence-electron chi connectivity index (χ0n) is 12.2. The minimum absolute atomic E-state index is 0.0559. The van der Waals surface area contributed by atoms with E-state index >= 15 is 0 Å². The fraction of sp³-hybridized carbons (Fsp3) is 0.467. The quantitative estimate of drug-likeness (QED) is 0.808. The second-order valence-electron chi connectivity index (χ2n) is 5.55. The summed E-state index contributed by atoms with van der Waals surface area (Å²) in [4.78, 5) is 18.9. The van der Waals surface area contributed by atoms with Gasteiger partial charge in [0.1, 0.15) is 5.52 Å². The maximum atomic E-state index is 12.8. The lowest BCUT2D eigenvalue weighted by Crippen LogP contribution is -2.35. The highest BCUT2D eigenvalue weighted by Crippen LogP contribution is 2.21. The number of nitrogens with zero attached hydrogens (tertiary/aromatic N) is 2. The molecule has 0 spiro atoms. The third kappa shape index (κ3) is 2.85. The van der Waals surface area contributed by atoms with Crippen LogP contribution in [0.2, 0.25) is 0 Å². The van der Waals surface area contributed by atoms with Crippen LogP contribution in [0.25, 0.3) is 11.1 Å². The molecule has 6 heteroatoms. The van der Waals surface area contributed by atoms with Crippen LogP contribution in [0, 0.1) is 12.8 Å². The van der Waals surface area contributed by atoms with Crippen LogP contribution in [0.15, 0.2) is 22.6 Å². The summed E-state index contributed by atoms with van der Waals surface area (Å²) in [6, 6.07) is 5.39. The lowest BCUT2D eigenvalue weighted by molar-refractivity contribution is 0.0753. The molecule has 5 nitrogen and oxygen atoms in total. The van der Waals surface area contributed by atoms with E-state index in [1.807, 2.05) is 13.0 Å². The molecule has 1 amide bonds. The fourth-order valence-electron chi connectivity index (χ4n) is 2.72. The van der Waals surface area contributed by atoms with Crippen LogP contribution >= 0.6 is 0 Å². The Balaban J connectivity index is 1.94. The Morgan fingerprint density at radius 3 is 3.10 bits per heavy atom. The average Bonchev–Trinajstić information content (AvgIpc) is 2.73. The van der Waals surface area contributed by atoms with Crippen molar-refractivity contribution in [3.8, 4) is 0 Å². The molecule has 1 aromatic carbocycles. The molecular formula is C15H18N2O3S. The number of amides is 1. The van der Waals surface area contributed by atoms with E-state index in [0.717, 1.165) is 0 Å². The first-order valence-corrected chi connectivity index (χ1v) is 8.54. The SMILES string of the molecule is Cc1nc2c(C(=O)N3CC[S@@](=O)C[C@H](C)C3)cccc2o1. The van der Waals surface area contributed by atoms with Crippen molar-refractivity contribution in [2.24, 2.45) is 5.92 Å². The molecule has 112 valence electrons. The van der Waals surface area contributed by atoms with Gasteiger partial charge in [-0.25, -0.2) is 4.98 Å². The van der Waals surface area contributed by atoms with Crippen LogP contribution in [0.4, 0.5) is 0 Å². The molecule has 1 aliphatic heterocycles. The second kappa shape index (κ2) is 5.60. The van der Waals surface area contributed by atoms with Crippen LogP contribution in [0.5, 0.6) is 0 Å². The van der Waals surface area contributed by atoms with E-state index in [4.69, 9.17) is 4.42 Å². The standard InChI is InChI=1S/C15H18N2O3S/c1-10-8-17(6-7-21(19)9-10)15(18)12-4-3-5-13-14(12)16-11(2)20-13/h3-5,10H,6-9H2,1-2H3/t10-,21-/m1/s1. The summed E-state index contributed by atoms with van der Waals surface area (Å²) >= 11 is 0. The topological polar surface area (TPSA) is 63.4 Å². The van der Waals surface area contributed by atoms with Gasteiger partial charge in [-0.3, -0.25) is 9.00 Å². The highest BCUT2D eigenvalue weighted by atomic mass is 32.2. The number of para-hydroxylation sites is 1. The van der Waals surface area contributed by atoms with Gasteiger partial charge in [-0.15, -0.1) is 0 Å². The lowest BCUT2D eigenvalue weighted by atomic mass is 10.1. The molecular weight excluding hydrogens is 288 g/mol. The molecule has 0 radical (unpaired) electrons. The van der Waals surface area contributed by atoms with E-state index in [1.165, 1.54) is 0 Å². The fourth-order valence-corrected chi connectivity index (χ4v) is 4.05. The number of fused-ring (bicyclic) bond motifs is 1. The minimum atomic E-state index is -0.832. The molecule has 21 heavy (non-hydrogen) atoms. The van der Waals surface area contributed by atoms with Gasteiger partial charge in [0.25, 0.3) is 5.91 Å². The average molecular weight is 306 g/mol. The Kier molecular flexibility index (Phi) is 3.80. The van der Waals surface area contributed by atoms with Crippen molar-refractivity contribution in [2.75, 3.05) is 24.6 Å². The Labute approximate surface area is 125 Å². The molecule has 0 unspecified atom stereocenters. The van der Waals surface area contributed by atoms with Crippen molar-refractivity contribution in [1.82, 2.24) is 9.88 Å². The first-order chi connectivity index (χ1) is 10.0. The van der Waals surface area contributed by atoms with E-state index in [-0.39, 0.29) is 11.8 Å². The largest absolute Gasteiger partial charge is 0.441 e. The highest BCUT2D eigenvalue weighted by Gasteiger charge is 2.25. The predicted octanol–water partition coefficient (Wildman–Crippen LogP) is 1.98. The van der Waals surface area contributed by atoms with Crippen molar-refractivity contribution in [3.05, 3.63) is 29.7 Å². The highest BCUT2D eigenvalue weighted by molar-refractivity contribution is 7.85. The van der Waals surface area contributed by atoms with E-state index in [9.17, 15) is 9.00 Å². The van der Waals surface area contributed by atoms with Crippen molar-refractivity contribution < 1.29 is 13.4 Å². The van der Waals surface area contributed by atoms with Crippen LogP contribution in [-0.2, 0) is 10.8 Å². The molecule has 0 bridgehead atoms. The number of hydrogen-bond donors (Lipinski definition) is 0. The normalized spacial score (nSPS) is 23.2. The molecule has 1 aliphatic rings. The zero-order valence-corrected chi connectivity index (χ0v) is 13.0. The third-order valence-corrected chi connectivity index (χ3v) is 5.21. The number of aromatic nitrogens is 1. The van der Waals surface area contributed by atoms with Gasteiger partial charge in [0.05, 0.1) is 5.56 Å². The monoisotopic (exact) mass is 306 g/mol. The molecule has 0 N–H and O–H groups in total. The summed E-state index contributed by atoms with van der Waals surface area (Å²) in [5.74, 6) is 1.95. The van der Waals surface area contributed by atoms with Gasteiger partial charge in [-0.05, 0) is 18.1 Å². The van der Waals surface area contributed by atoms with Crippen LogP contribution < -0.4 is 0 Å². The number of oxazole rings is 1. The van der Waals surface area contributed by atoms with Crippen molar-refractivity contribution >= 4 is 27.8 Å². The number of carbonyl (C=O) groups is 1.